The molecule has 2 rings (SSSR count). The average Bonchev–Trinajstić information content (AvgIpc) is 2.62. The van der Waals surface area contributed by atoms with Crippen LogP contribution in [0.25, 0.3) is 0 Å². The molecule has 1 aromatic carbocycles. The normalized spacial score (nSPS) is 16.9. The van der Waals surface area contributed by atoms with Crippen molar-refractivity contribution in [2.75, 3.05) is 44.7 Å². The van der Waals surface area contributed by atoms with Gasteiger partial charge in [-0.1, -0.05) is 25.1 Å². The Morgan fingerprint density at radius 2 is 1.96 bits per heavy atom. The molecule has 5 nitrogen and oxygen atoms in total. The second-order valence-electron chi connectivity index (χ2n) is 6.49. The van der Waals surface area contributed by atoms with E-state index in [0.717, 1.165) is 44.6 Å². The summed E-state index contributed by atoms with van der Waals surface area (Å²) in [5, 5.41) is 12.6. The number of carbonyl (C=O) groups excluding carboxylic acids is 1. The van der Waals surface area contributed by atoms with E-state index in [1.165, 1.54) is 0 Å². The molecule has 128 valence electrons. The molecule has 1 aliphatic heterocycles. The molecule has 0 radical (unpaired) electrons. The summed E-state index contributed by atoms with van der Waals surface area (Å²) in [6.45, 7) is 5.20. The Bertz CT molecular complexity index is 478. The Balaban J connectivity index is 1.72. The lowest BCUT2D eigenvalue weighted by molar-refractivity contribution is 0.0520. The van der Waals surface area contributed by atoms with E-state index in [1.807, 2.05) is 30.1 Å². The number of para-hydroxylation sites is 1. The number of urea groups is 1. The average molecular weight is 319 g/mol. The summed E-state index contributed by atoms with van der Waals surface area (Å²) in [7, 11) is 2.03. The molecule has 1 aromatic rings. The molecule has 2 N–H and O–H groups in total. The van der Waals surface area contributed by atoms with Crippen molar-refractivity contribution >= 4 is 11.7 Å². The van der Waals surface area contributed by atoms with Crippen molar-refractivity contribution in [3.63, 3.8) is 0 Å². The van der Waals surface area contributed by atoms with Crippen LogP contribution in [0.15, 0.2) is 30.3 Å². The Kier molecular flexibility index (Phi) is 6.28. The smallest absolute Gasteiger partial charge is 0.317 e. The molecule has 23 heavy (non-hydrogen) atoms. The minimum atomic E-state index is 0.00843. The molecule has 0 aliphatic carbocycles. The highest BCUT2D eigenvalue weighted by molar-refractivity contribution is 5.74. The maximum Gasteiger partial charge on any atom is 0.317 e. The van der Waals surface area contributed by atoms with Gasteiger partial charge in [0.2, 0.25) is 0 Å². The number of likely N-dealkylation sites (tertiary alicyclic amines) is 1. The van der Waals surface area contributed by atoms with E-state index in [4.69, 9.17) is 0 Å². The third-order valence-electron chi connectivity index (χ3n) is 5.12. The lowest BCUT2D eigenvalue weighted by Crippen LogP contribution is -2.49. The zero-order valence-corrected chi connectivity index (χ0v) is 14.3. The van der Waals surface area contributed by atoms with Crippen molar-refractivity contribution < 1.29 is 9.90 Å². The van der Waals surface area contributed by atoms with E-state index in [0.29, 0.717) is 6.54 Å². The van der Waals surface area contributed by atoms with Gasteiger partial charge in [-0.15, -0.1) is 0 Å². The van der Waals surface area contributed by atoms with Crippen LogP contribution in [0.3, 0.4) is 0 Å². The number of aliphatic hydroxyl groups excluding tert-OH is 1. The Morgan fingerprint density at radius 3 is 2.52 bits per heavy atom. The molecule has 1 aliphatic rings. The van der Waals surface area contributed by atoms with Crippen LogP contribution < -0.4 is 10.2 Å². The summed E-state index contributed by atoms with van der Waals surface area (Å²) in [6.07, 6.45) is 2.75. The summed E-state index contributed by atoms with van der Waals surface area (Å²) >= 11 is 0. The maximum absolute atomic E-state index is 12.2. The van der Waals surface area contributed by atoms with E-state index in [9.17, 15) is 9.90 Å². The minimum Gasteiger partial charge on any atom is -0.396 e. The third-order valence-corrected chi connectivity index (χ3v) is 5.12. The van der Waals surface area contributed by atoms with Gasteiger partial charge in [0.15, 0.2) is 0 Å². The molecule has 0 spiro atoms. The second kappa shape index (κ2) is 8.20. The highest BCUT2D eigenvalue weighted by Crippen LogP contribution is 2.34. The minimum absolute atomic E-state index is 0.00843. The first kappa shape index (κ1) is 17.6. The summed E-state index contributed by atoms with van der Waals surface area (Å²) < 4.78 is 0. The van der Waals surface area contributed by atoms with Crippen molar-refractivity contribution in [2.24, 2.45) is 5.41 Å². The van der Waals surface area contributed by atoms with Crippen LogP contribution in [0.2, 0.25) is 0 Å². The lowest BCUT2D eigenvalue weighted by atomic mass is 9.77. The number of hydrogen-bond donors (Lipinski definition) is 2. The van der Waals surface area contributed by atoms with E-state index in [1.54, 1.807) is 0 Å². The highest BCUT2D eigenvalue weighted by Gasteiger charge is 2.33. The quantitative estimate of drug-likeness (QED) is 0.846. The predicted octanol–water partition coefficient (Wildman–Crippen LogP) is 2.32. The van der Waals surface area contributed by atoms with Gasteiger partial charge < -0.3 is 20.2 Å². The molecule has 0 unspecified atom stereocenters. The fourth-order valence-corrected chi connectivity index (χ4v) is 3.06. The number of hydrogen-bond acceptors (Lipinski definition) is 3. The number of nitrogens with zero attached hydrogens (tertiary/aromatic N) is 2. The number of benzene rings is 1. The van der Waals surface area contributed by atoms with Crippen LogP contribution in [0, 0.1) is 5.41 Å². The van der Waals surface area contributed by atoms with Crippen molar-refractivity contribution in [1.29, 1.82) is 0 Å². The SMILES string of the molecule is CCC1(CO)CCN(C(=O)NCCN(C)c2ccccc2)CC1. The van der Waals surface area contributed by atoms with E-state index >= 15 is 0 Å². The van der Waals surface area contributed by atoms with Crippen molar-refractivity contribution in [2.45, 2.75) is 26.2 Å². The molecule has 0 saturated carbocycles. The van der Waals surface area contributed by atoms with Crippen LogP contribution in [0.4, 0.5) is 10.5 Å². The highest BCUT2D eigenvalue weighted by atomic mass is 16.3. The monoisotopic (exact) mass is 319 g/mol. The number of aliphatic hydroxyl groups is 1. The number of amides is 2. The summed E-state index contributed by atoms with van der Waals surface area (Å²) in [5.41, 5.74) is 1.17. The number of likely N-dealkylation sites (N-methyl/N-ethyl adjacent to an activating group) is 1. The van der Waals surface area contributed by atoms with E-state index in [2.05, 4.69) is 29.3 Å². The number of piperidine rings is 1. The fraction of sp³-hybridized carbons (Fsp3) is 0.611. The van der Waals surface area contributed by atoms with Crippen molar-refractivity contribution in [1.82, 2.24) is 10.2 Å². The van der Waals surface area contributed by atoms with Crippen molar-refractivity contribution in [3.05, 3.63) is 30.3 Å². The summed E-state index contributed by atoms with van der Waals surface area (Å²) in [6, 6.07) is 10.2. The molecular weight excluding hydrogens is 290 g/mol. The zero-order chi connectivity index (χ0) is 16.7. The first-order valence-electron chi connectivity index (χ1n) is 8.50. The lowest BCUT2D eigenvalue weighted by Gasteiger charge is -2.40. The van der Waals surface area contributed by atoms with Gasteiger partial charge in [0.25, 0.3) is 0 Å². The first-order valence-corrected chi connectivity index (χ1v) is 8.50. The van der Waals surface area contributed by atoms with Gasteiger partial charge in [-0.05, 0) is 36.8 Å². The molecule has 2 amide bonds. The van der Waals surface area contributed by atoms with E-state index < -0.39 is 0 Å². The molecule has 1 saturated heterocycles. The Labute approximate surface area is 139 Å². The summed E-state index contributed by atoms with van der Waals surface area (Å²) in [4.78, 5) is 16.2. The summed E-state index contributed by atoms with van der Waals surface area (Å²) in [5.74, 6) is 0. The molecular formula is C18H29N3O2. The van der Waals surface area contributed by atoms with Gasteiger partial charge in [0.1, 0.15) is 0 Å². The maximum atomic E-state index is 12.2. The number of nitrogens with one attached hydrogen (secondary N) is 1. The third kappa shape index (κ3) is 4.61. The van der Waals surface area contributed by atoms with Crippen LogP contribution in [0.1, 0.15) is 26.2 Å². The van der Waals surface area contributed by atoms with Crippen LogP contribution in [0.5, 0.6) is 0 Å². The molecule has 0 aromatic heterocycles. The van der Waals surface area contributed by atoms with E-state index in [-0.39, 0.29) is 18.1 Å². The standard InChI is InChI=1S/C18H29N3O2/c1-3-18(15-22)9-12-21(13-10-18)17(23)19-11-14-20(2)16-7-5-4-6-8-16/h4-8,22H,3,9-15H2,1-2H3,(H,19,23). The second-order valence-corrected chi connectivity index (χ2v) is 6.49. The molecule has 5 heteroatoms. The van der Waals surface area contributed by atoms with Crippen LogP contribution in [-0.4, -0.2) is 55.9 Å². The van der Waals surface area contributed by atoms with Crippen LogP contribution in [-0.2, 0) is 0 Å². The first-order chi connectivity index (χ1) is 11.1. The van der Waals surface area contributed by atoms with Crippen molar-refractivity contribution in [3.8, 4) is 0 Å². The Hall–Kier alpha value is -1.75. The molecule has 1 fully saturated rings. The van der Waals surface area contributed by atoms with Gasteiger partial charge in [-0.3, -0.25) is 0 Å². The molecule has 1 heterocycles. The topological polar surface area (TPSA) is 55.8 Å². The van der Waals surface area contributed by atoms with Gasteiger partial charge >= 0.3 is 6.03 Å². The predicted molar refractivity (Wildman–Crippen MR) is 93.7 cm³/mol. The van der Waals surface area contributed by atoms with Gasteiger partial charge in [0, 0.05) is 45.5 Å². The van der Waals surface area contributed by atoms with Gasteiger partial charge in [-0.2, -0.15) is 0 Å². The molecule has 0 bridgehead atoms. The largest absolute Gasteiger partial charge is 0.396 e. The number of rotatable bonds is 6. The molecule has 0 atom stereocenters. The zero-order valence-electron chi connectivity index (χ0n) is 14.3. The van der Waals surface area contributed by atoms with Gasteiger partial charge in [0.05, 0.1) is 0 Å². The van der Waals surface area contributed by atoms with Crippen LogP contribution >= 0.6 is 0 Å². The number of anilines is 1. The van der Waals surface area contributed by atoms with Gasteiger partial charge in [-0.25, -0.2) is 4.79 Å². The number of carbonyl (C=O) groups is 1. The fourth-order valence-electron chi connectivity index (χ4n) is 3.06. The Morgan fingerprint density at radius 1 is 1.30 bits per heavy atom.